The number of amides is 1. The molecule has 0 saturated heterocycles. The molecule has 0 aliphatic rings. The fourth-order valence-corrected chi connectivity index (χ4v) is 2.03. The molecule has 1 aromatic rings. The van der Waals surface area contributed by atoms with Crippen LogP contribution in [0.1, 0.15) is 31.5 Å². The molecule has 5 nitrogen and oxygen atoms in total. The van der Waals surface area contributed by atoms with Gasteiger partial charge in [0.2, 0.25) is 5.91 Å². The highest BCUT2D eigenvalue weighted by atomic mass is 35.5. The van der Waals surface area contributed by atoms with E-state index in [9.17, 15) is 9.90 Å². The number of hydrogen-bond acceptors (Lipinski definition) is 3. The van der Waals surface area contributed by atoms with Crippen molar-refractivity contribution in [2.45, 2.75) is 39.7 Å². The third kappa shape index (κ3) is 4.21. The van der Waals surface area contributed by atoms with Gasteiger partial charge in [-0.3, -0.25) is 9.48 Å². The normalized spacial score (nSPS) is 14.2. The minimum Gasteiger partial charge on any atom is -0.391 e. The Bertz CT molecular complexity index is 445. The molecule has 2 unspecified atom stereocenters. The molecule has 108 valence electrons. The van der Waals surface area contributed by atoms with Gasteiger partial charge in [0, 0.05) is 19.2 Å². The van der Waals surface area contributed by atoms with Gasteiger partial charge in [0.25, 0.3) is 0 Å². The molecule has 0 fully saturated rings. The van der Waals surface area contributed by atoms with Crippen molar-refractivity contribution in [1.82, 2.24) is 15.1 Å². The maximum atomic E-state index is 11.8. The summed E-state index contributed by atoms with van der Waals surface area (Å²) in [5, 5.41) is 17.2. The number of carbonyl (C=O) groups excluding carboxylic acids is 1. The van der Waals surface area contributed by atoms with E-state index >= 15 is 0 Å². The van der Waals surface area contributed by atoms with Gasteiger partial charge >= 0.3 is 0 Å². The van der Waals surface area contributed by atoms with Gasteiger partial charge in [-0.2, -0.15) is 5.10 Å². The quantitative estimate of drug-likeness (QED) is 0.832. The summed E-state index contributed by atoms with van der Waals surface area (Å²) in [6, 6.07) is 0. The van der Waals surface area contributed by atoms with Gasteiger partial charge in [0.15, 0.2) is 0 Å². The average Bonchev–Trinajstić information content (AvgIpc) is 2.61. The van der Waals surface area contributed by atoms with Crippen molar-refractivity contribution in [1.29, 1.82) is 0 Å². The van der Waals surface area contributed by atoms with Crippen LogP contribution < -0.4 is 5.32 Å². The molecule has 0 spiro atoms. The molecule has 0 aromatic carbocycles. The molecular formula is C13H22ClN3O2. The molecular weight excluding hydrogens is 266 g/mol. The highest BCUT2D eigenvalue weighted by Crippen LogP contribution is 2.18. The number of nitrogens with one attached hydrogen (secondary N) is 1. The van der Waals surface area contributed by atoms with Gasteiger partial charge < -0.3 is 10.4 Å². The first-order valence-corrected chi connectivity index (χ1v) is 6.87. The summed E-state index contributed by atoms with van der Waals surface area (Å²) in [7, 11) is 1.74. The lowest BCUT2D eigenvalue weighted by Crippen LogP contribution is -2.36. The van der Waals surface area contributed by atoms with Crippen molar-refractivity contribution in [2.75, 3.05) is 6.54 Å². The van der Waals surface area contributed by atoms with Crippen molar-refractivity contribution in [3.8, 4) is 0 Å². The molecule has 19 heavy (non-hydrogen) atoms. The predicted octanol–water partition coefficient (Wildman–Crippen LogP) is 1.45. The van der Waals surface area contributed by atoms with Crippen LogP contribution >= 0.6 is 11.6 Å². The zero-order chi connectivity index (χ0) is 14.6. The summed E-state index contributed by atoms with van der Waals surface area (Å²) in [4.78, 5) is 11.8. The van der Waals surface area contributed by atoms with E-state index in [0.717, 1.165) is 17.7 Å². The lowest BCUT2D eigenvalue weighted by atomic mass is 10.0. The van der Waals surface area contributed by atoms with Crippen LogP contribution in [0.4, 0.5) is 0 Å². The van der Waals surface area contributed by atoms with Crippen LogP contribution in [0.25, 0.3) is 0 Å². The Labute approximate surface area is 118 Å². The van der Waals surface area contributed by atoms with E-state index < -0.39 is 6.10 Å². The van der Waals surface area contributed by atoms with Crippen LogP contribution in [0, 0.1) is 12.8 Å². The van der Waals surface area contributed by atoms with Crippen LogP contribution in [0.15, 0.2) is 0 Å². The number of aliphatic hydroxyl groups is 1. The maximum absolute atomic E-state index is 11.8. The van der Waals surface area contributed by atoms with Crippen molar-refractivity contribution in [3.05, 3.63) is 16.4 Å². The topological polar surface area (TPSA) is 67.2 Å². The van der Waals surface area contributed by atoms with E-state index in [0.29, 0.717) is 5.15 Å². The summed E-state index contributed by atoms with van der Waals surface area (Å²) < 4.78 is 1.55. The highest BCUT2D eigenvalue weighted by molar-refractivity contribution is 6.30. The summed E-state index contributed by atoms with van der Waals surface area (Å²) >= 11 is 6.06. The van der Waals surface area contributed by atoms with Crippen molar-refractivity contribution < 1.29 is 9.90 Å². The summed E-state index contributed by atoms with van der Waals surface area (Å²) in [6.07, 6.45) is 0.551. The molecule has 6 heteroatoms. The standard InChI is InChI=1S/C13H22ClN3O2/c1-5-8(2)11(18)7-15-12(19)6-10-9(3)16-17(4)13(10)14/h8,11,18H,5-7H2,1-4H3,(H,15,19). The van der Waals surface area contributed by atoms with Crippen molar-refractivity contribution in [2.24, 2.45) is 13.0 Å². The van der Waals surface area contributed by atoms with Crippen LogP contribution in [-0.2, 0) is 18.3 Å². The smallest absolute Gasteiger partial charge is 0.224 e. The second kappa shape index (κ2) is 6.91. The summed E-state index contributed by atoms with van der Waals surface area (Å²) in [6.45, 7) is 6.06. The fourth-order valence-electron chi connectivity index (χ4n) is 1.79. The largest absolute Gasteiger partial charge is 0.391 e. The third-order valence-corrected chi connectivity index (χ3v) is 3.89. The SMILES string of the molecule is CCC(C)C(O)CNC(=O)Cc1c(C)nn(C)c1Cl. The number of carbonyl (C=O) groups is 1. The van der Waals surface area contributed by atoms with E-state index in [-0.39, 0.29) is 24.8 Å². The lowest BCUT2D eigenvalue weighted by Gasteiger charge is -2.17. The van der Waals surface area contributed by atoms with Gasteiger partial charge in [0.1, 0.15) is 5.15 Å². The molecule has 0 aliphatic carbocycles. The van der Waals surface area contributed by atoms with E-state index in [1.54, 1.807) is 11.7 Å². The average molecular weight is 288 g/mol. The first-order valence-electron chi connectivity index (χ1n) is 6.49. The van der Waals surface area contributed by atoms with Crippen molar-refractivity contribution >= 4 is 17.5 Å². The zero-order valence-corrected chi connectivity index (χ0v) is 12.7. The Hall–Kier alpha value is -1.07. The van der Waals surface area contributed by atoms with Crippen LogP contribution in [0.5, 0.6) is 0 Å². The van der Waals surface area contributed by atoms with E-state index in [1.807, 2.05) is 20.8 Å². The predicted molar refractivity (Wildman–Crippen MR) is 75.1 cm³/mol. The molecule has 1 amide bonds. The lowest BCUT2D eigenvalue weighted by molar-refractivity contribution is -0.121. The second-order valence-electron chi connectivity index (χ2n) is 4.91. The van der Waals surface area contributed by atoms with Gasteiger partial charge in [-0.1, -0.05) is 31.9 Å². The summed E-state index contributed by atoms with van der Waals surface area (Å²) in [5.74, 6) is 0.0179. The Morgan fingerprint density at radius 2 is 2.21 bits per heavy atom. The number of nitrogens with zero attached hydrogens (tertiary/aromatic N) is 2. The number of halogens is 1. The first kappa shape index (κ1) is 16.0. The van der Waals surface area contributed by atoms with E-state index in [4.69, 9.17) is 11.6 Å². The summed E-state index contributed by atoms with van der Waals surface area (Å²) in [5.41, 5.74) is 1.49. The number of aromatic nitrogens is 2. The molecule has 1 heterocycles. The van der Waals surface area contributed by atoms with E-state index in [2.05, 4.69) is 10.4 Å². The van der Waals surface area contributed by atoms with Crippen molar-refractivity contribution in [3.63, 3.8) is 0 Å². The number of hydrogen-bond donors (Lipinski definition) is 2. The van der Waals surface area contributed by atoms with Gasteiger partial charge in [-0.25, -0.2) is 0 Å². The molecule has 0 bridgehead atoms. The third-order valence-electron chi connectivity index (χ3n) is 3.42. The van der Waals surface area contributed by atoms with Crippen LogP contribution in [0.2, 0.25) is 5.15 Å². The molecule has 1 aromatic heterocycles. The Morgan fingerprint density at radius 1 is 1.58 bits per heavy atom. The Kier molecular flexibility index (Phi) is 5.82. The molecule has 1 rings (SSSR count). The Balaban J connectivity index is 2.52. The molecule has 0 saturated carbocycles. The first-order chi connectivity index (χ1) is 8.86. The molecule has 2 N–H and O–H groups in total. The molecule has 0 aliphatic heterocycles. The van der Waals surface area contributed by atoms with Gasteiger partial charge in [-0.05, 0) is 12.8 Å². The van der Waals surface area contributed by atoms with E-state index in [1.165, 1.54) is 0 Å². The van der Waals surface area contributed by atoms with Crippen LogP contribution in [-0.4, -0.2) is 33.4 Å². The highest BCUT2D eigenvalue weighted by Gasteiger charge is 2.17. The number of rotatable bonds is 6. The Morgan fingerprint density at radius 3 is 2.68 bits per heavy atom. The minimum absolute atomic E-state index is 0.152. The monoisotopic (exact) mass is 287 g/mol. The molecule has 0 radical (unpaired) electrons. The molecule has 2 atom stereocenters. The number of aliphatic hydroxyl groups excluding tert-OH is 1. The second-order valence-corrected chi connectivity index (χ2v) is 5.27. The van der Waals surface area contributed by atoms with Gasteiger partial charge in [0.05, 0.1) is 18.2 Å². The minimum atomic E-state index is -0.514. The zero-order valence-electron chi connectivity index (χ0n) is 11.9. The number of aryl methyl sites for hydroxylation is 2. The fraction of sp³-hybridized carbons (Fsp3) is 0.692. The van der Waals surface area contributed by atoms with Gasteiger partial charge in [-0.15, -0.1) is 0 Å². The van der Waals surface area contributed by atoms with Crippen LogP contribution in [0.3, 0.4) is 0 Å². The maximum Gasteiger partial charge on any atom is 0.224 e.